The maximum atomic E-state index is 5.30. The summed E-state index contributed by atoms with van der Waals surface area (Å²) >= 11 is 0. The van der Waals surface area contributed by atoms with Crippen LogP contribution in [0.15, 0.2) is 0 Å². The van der Waals surface area contributed by atoms with Crippen molar-refractivity contribution in [3.05, 3.63) is 0 Å². The van der Waals surface area contributed by atoms with Crippen molar-refractivity contribution >= 4 is 0 Å². The number of ether oxygens (including phenoxy) is 2. The van der Waals surface area contributed by atoms with Gasteiger partial charge >= 0.3 is 0 Å². The summed E-state index contributed by atoms with van der Waals surface area (Å²) < 4.78 is 10.3. The highest BCUT2D eigenvalue weighted by Crippen LogP contribution is 2.23. The van der Waals surface area contributed by atoms with Gasteiger partial charge in [0.1, 0.15) is 12.2 Å². The number of hydrogen-bond donors (Lipinski definition) is 0. The second-order valence-electron chi connectivity index (χ2n) is 4.75. The molecular formula is C12H22O5. The van der Waals surface area contributed by atoms with Crippen LogP contribution in [0, 0.1) is 11.8 Å². The highest BCUT2D eigenvalue weighted by molar-refractivity contribution is 4.74. The Morgan fingerprint density at radius 3 is 1.53 bits per heavy atom. The van der Waals surface area contributed by atoms with E-state index in [2.05, 4.69) is 13.8 Å². The van der Waals surface area contributed by atoms with Gasteiger partial charge in [-0.05, 0) is 12.8 Å². The van der Waals surface area contributed by atoms with Crippen molar-refractivity contribution in [2.45, 2.75) is 38.9 Å². The Labute approximate surface area is 102 Å². The normalized spacial score (nSPS) is 25.1. The molecule has 0 spiro atoms. The minimum atomic E-state index is 0.0684. The lowest BCUT2D eigenvalue weighted by Crippen LogP contribution is -2.41. The van der Waals surface area contributed by atoms with Gasteiger partial charge in [-0.25, -0.2) is 9.78 Å². The molecule has 2 saturated heterocycles. The van der Waals surface area contributed by atoms with E-state index in [1.165, 1.54) is 0 Å². The molecule has 2 unspecified atom stereocenters. The van der Waals surface area contributed by atoms with Crippen LogP contribution in [0.5, 0.6) is 0 Å². The van der Waals surface area contributed by atoms with Crippen molar-refractivity contribution in [2.24, 2.45) is 11.8 Å². The molecule has 0 amide bonds. The van der Waals surface area contributed by atoms with Crippen LogP contribution in [0.4, 0.5) is 0 Å². The van der Waals surface area contributed by atoms with Crippen LogP contribution < -0.4 is 0 Å². The highest BCUT2D eigenvalue weighted by atomic mass is 17.5. The van der Waals surface area contributed by atoms with E-state index in [0.29, 0.717) is 11.8 Å². The fourth-order valence-corrected chi connectivity index (χ4v) is 2.02. The molecular weight excluding hydrogens is 224 g/mol. The summed E-state index contributed by atoms with van der Waals surface area (Å²) in [6.45, 7) is 7.18. The van der Waals surface area contributed by atoms with E-state index in [9.17, 15) is 0 Å². The molecule has 17 heavy (non-hydrogen) atoms. The van der Waals surface area contributed by atoms with Gasteiger partial charge < -0.3 is 9.47 Å². The predicted octanol–water partition coefficient (Wildman–Crippen LogP) is 1.72. The SMILES string of the molecule is CCC(OOOC(CC)C1COC1)C1COC1. The van der Waals surface area contributed by atoms with Crippen LogP contribution in [-0.2, 0) is 24.3 Å². The molecule has 0 aliphatic carbocycles. The van der Waals surface area contributed by atoms with Gasteiger partial charge in [-0.15, -0.1) is 0 Å². The largest absolute Gasteiger partial charge is 0.380 e. The Hall–Kier alpha value is -0.200. The third-order valence-electron chi connectivity index (χ3n) is 3.51. The minimum Gasteiger partial charge on any atom is -0.380 e. The lowest BCUT2D eigenvalue weighted by atomic mass is 9.99. The molecule has 0 radical (unpaired) electrons. The monoisotopic (exact) mass is 246 g/mol. The van der Waals surface area contributed by atoms with Crippen LogP contribution in [0.25, 0.3) is 0 Å². The topological polar surface area (TPSA) is 46.2 Å². The molecule has 2 aliphatic heterocycles. The Morgan fingerprint density at radius 2 is 1.29 bits per heavy atom. The van der Waals surface area contributed by atoms with Gasteiger partial charge in [0, 0.05) is 11.8 Å². The molecule has 2 rings (SSSR count). The molecule has 0 N–H and O–H groups in total. The molecule has 0 bridgehead atoms. The molecule has 100 valence electrons. The van der Waals surface area contributed by atoms with Gasteiger partial charge in [0.25, 0.3) is 0 Å². The van der Waals surface area contributed by atoms with Crippen molar-refractivity contribution in [3.8, 4) is 0 Å². The summed E-state index contributed by atoms with van der Waals surface area (Å²) in [7, 11) is 0. The summed E-state index contributed by atoms with van der Waals surface area (Å²) in [5.74, 6) is 0.881. The lowest BCUT2D eigenvalue weighted by Gasteiger charge is -2.33. The molecule has 5 nitrogen and oxygen atoms in total. The van der Waals surface area contributed by atoms with E-state index in [1.54, 1.807) is 0 Å². The van der Waals surface area contributed by atoms with Gasteiger partial charge in [-0.3, -0.25) is 0 Å². The molecule has 2 atom stereocenters. The van der Waals surface area contributed by atoms with Gasteiger partial charge in [-0.1, -0.05) is 18.9 Å². The first-order valence-electron chi connectivity index (χ1n) is 6.49. The van der Waals surface area contributed by atoms with Gasteiger partial charge in [0.05, 0.1) is 26.4 Å². The number of hydrogen-bond acceptors (Lipinski definition) is 5. The minimum absolute atomic E-state index is 0.0684. The third kappa shape index (κ3) is 3.39. The average molecular weight is 246 g/mol. The summed E-state index contributed by atoms with van der Waals surface area (Å²) in [5, 5.41) is 4.94. The fourth-order valence-electron chi connectivity index (χ4n) is 2.02. The van der Waals surface area contributed by atoms with E-state index in [0.717, 1.165) is 39.3 Å². The van der Waals surface area contributed by atoms with Crippen LogP contribution in [0.2, 0.25) is 0 Å². The van der Waals surface area contributed by atoms with Gasteiger partial charge in [0.15, 0.2) is 0 Å². The van der Waals surface area contributed by atoms with Crippen LogP contribution in [0.1, 0.15) is 26.7 Å². The molecule has 2 heterocycles. The van der Waals surface area contributed by atoms with Crippen molar-refractivity contribution in [3.63, 3.8) is 0 Å². The first-order valence-corrected chi connectivity index (χ1v) is 6.49. The number of rotatable bonds is 8. The molecule has 2 aliphatic rings. The van der Waals surface area contributed by atoms with Crippen LogP contribution in [-0.4, -0.2) is 38.6 Å². The maximum Gasteiger partial charge on any atom is 0.103 e. The molecule has 0 aromatic heterocycles. The summed E-state index contributed by atoms with van der Waals surface area (Å²) in [6.07, 6.45) is 1.94. The van der Waals surface area contributed by atoms with Crippen LogP contribution in [0.3, 0.4) is 0 Å². The van der Waals surface area contributed by atoms with E-state index >= 15 is 0 Å². The van der Waals surface area contributed by atoms with E-state index in [1.807, 2.05) is 0 Å². The third-order valence-corrected chi connectivity index (χ3v) is 3.51. The lowest BCUT2D eigenvalue weighted by molar-refractivity contribution is -0.550. The zero-order valence-electron chi connectivity index (χ0n) is 10.6. The standard InChI is InChI=1S/C12H22O5/c1-3-11(9-5-13-6-9)15-17-16-12(4-2)10-7-14-8-10/h9-12H,3-8H2,1-2H3. The second-order valence-corrected chi connectivity index (χ2v) is 4.75. The molecule has 2 fully saturated rings. The van der Waals surface area contributed by atoms with E-state index in [-0.39, 0.29) is 12.2 Å². The summed E-state index contributed by atoms with van der Waals surface area (Å²) in [6, 6.07) is 0. The zero-order chi connectivity index (χ0) is 12.1. The van der Waals surface area contributed by atoms with Crippen LogP contribution >= 0.6 is 0 Å². The van der Waals surface area contributed by atoms with Crippen molar-refractivity contribution in [2.75, 3.05) is 26.4 Å². The molecule has 0 aromatic carbocycles. The predicted molar refractivity (Wildman–Crippen MR) is 60.0 cm³/mol. The Bertz CT molecular complexity index is 193. The Kier molecular flexibility index (Phi) is 5.18. The van der Waals surface area contributed by atoms with Gasteiger partial charge in [0.2, 0.25) is 0 Å². The Morgan fingerprint density at radius 1 is 0.882 bits per heavy atom. The summed E-state index contributed by atoms with van der Waals surface area (Å²) in [4.78, 5) is 10.6. The smallest absolute Gasteiger partial charge is 0.103 e. The van der Waals surface area contributed by atoms with Crippen molar-refractivity contribution in [1.29, 1.82) is 0 Å². The quantitative estimate of drug-likeness (QED) is 0.482. The average Bonchev–Trinajstić information content (AvgIpc) is 2.20. The van der Waals surface area contributed by atoms with Crippen molar-refractivity contribution < 1.29 is 24.3 Å². The van der Waals surface area contributed by atoms with E-state index in [4.69, 9.17) is 24.3 Å². The maximum absolute atomic E-state index is 5.30. The van der Waals surface area contributed by atoms with Crippen molar-refractivity contribution in [1.82, 2.24) is 0 Å². The second kappa shape index (κ2) is 6.66. The fraction of sp³-hybridized carbons (Fsp3) is 1.00. The molecule has 0 aromatic rings. The molecule has 5 heteroatoms. The summed E-state index contributed by atoms with van der Waals surface area (Å²) in [5.41, 5.74) is 0. The van der Waals surface area contributed by atoms with E-state index < -0.39 is 0 Å². The van der Waals surface area contributed by atoms with Gasteiger partial charge in [-0.2, -0.15) is 0 Å². The highest BCUT2D eigenvalue weighted by Gasteiger charge is 2.31. The zero-order valence-corrected chi connectivity index (χ0v) is 10.6. The Balaban J connectivity index is 1.62. The first kappa shape index (κ1) is 13.2. The first-order chi connectivity index (χ1) is 8.35. The molecule has 0 saturated carbocycles.